The minimum Gasteiger partial charge on any atom is -0.452 e. The number of benzene rings is 3. The van der Waals surface area contributed by atoms with E-state index in [4.69, 9.17) is 4.74 Å². The van der Waals surface area contributed by atoms with E-state index in [2.05, 4.69) is 5.32 Å². The maximum absolute atomic E-state index is 12.8. The fourth-order valence-electron chi connectivity index (χ4n) is 3.29. The lowest BCUT2D eigenvalue weighted by Gasteiger charge is -2.18. The fraction of sp³-hybridized carbons (Fsp3) is 0.0400. The zero-order chi connectivity index (χ0) is 21.8. The second-order valence-corrected chi connectivity index (χ2v) is 6.86. The first-order chi connectivity index (χ1) is 15.0. The van der Waals surface area contributed by atoms with E-state index in [0.717, 1.165) is 5.56 Å². The van der Waals surface area contributed by atoms with E-state index in [1.807, 2.05) is 30.3 Å². The lowest BCUT2D eigenvalue weighted by molar-refractivity contribution is -0.142. The average Bonchev–Trinajstić information content (AvgIpc) is 2.80. The summed E-state index contributed by atoms with van der Waals surface area (Å²) in [6, 6.07) is 20.3. The van der Waals surface area contributed by atoms with Crippen LogP contribution < -0.4 is 5.32 Å². The van der Waals surface area contributed by atoms with Gasteiger partial charge < -0.3 is 10.1 Å². The first-order valence-corrected chi connectivity index (χ1v) is 9.55. The molecule has 0 aromatic heterocycles. The summed E-state index contributed by atoms with van der Waals surface area (Å²) in [7, 11) is 0. The topological polar surface area (TPSA) is 89.5 Å². The van der Waals surface area contributed by atoms with Crippen LogP contribution in [0.25, 0.3) is 6.08 Å². The molecule has 4 rings (SSSR count). The van der Waals surface area contributed by atoms with Crippen LogP contribution in [-0.2, 0) is 14.3 Å². The van der Waals surface area contributed by atoms with Crippen molar-refractivity contribution in [3.8, 4) is 0 Å². The number of esters is 1. The molecule has 0 bridgehead atoms. The van der Waals surface area contributed by atoms with Gasteiger partial charge in [-0.3, -0.25) is 14.4 Å². The molecule has 0 fully saturated rings. The highest BCUT2D eigenvalue weighted by Crippen LogP contribution is 2.29. The van der Waals surface area contributed by atoms with Crippen LogP contribution in [0.4, 0.5) is 5.69 Å². The second kappa shape index (κ2) is 8.59. The van der Waals surface area contributed by atoms with Gasteiger partial charge in [0, 0.05) is 34.0 Å². The number of hydrogen-bond donors (Lipinski definition) is 1. The van der Waals surface area contributed by atoms with Crippen molar-refractivity contribution in [3.63, 3.8) is 0 Å². The van der Waals surface area contributed by atoms with Gasteiger partial charge in [0.2, 0.25) is 0 Å². The predicted molar refractivity (Wildman–Crippen MR) is 115 cm³/mol. The number of amides is 1. The minimum absolute atomic E-state index is 0.226. The zero-order valence-corrected chi connectivity index (χ0v) is 16.3. The smallest absolute Gasteiger partial charge is 0.331 e. The Morgan fingerprint density at radius 3 is 2.10 bits per heavy atom. The van der Waals surface area contributed by atoms with Crippen molar-refractivity contribution in [1.29, 1.82) is 0 Å². The number of rotatable bonds is 5. The lowest BCUT2D eigenvalue weighted by Crippen LogP contribution is -2.23. The highest BCUT2D eigenvalue weighted by atomic mass is 16.5. The quantitative estimate of drug-likeness (QED) is 0.400. The third-order valence-electron chi connectivity index (χ3n) is 4.77. The van der Waals surface area contributed by atoms with Crippen LogP contribution in [0.2, 0.25) is 0 Å². The van der Waals surface area contributed by atoms with Crippen LogP contribution in [0.15, 0.2) is 78.9 Å². The molecule has 31 heavy (non-hydrogen) atoms. The molecule has 0 unspecified atom stereocenters. The van der Waals surface area contributed by atoms with Gasteiger partial charge in [-0.25, -0.2) is 4.79 Å². The summed E-state index contributed by atoms with van der Waals surface area (Å²) < 4.78 is 4.94. The molecule has 0 radical (unpaired) electrons. The molecular weight excluding hydrogens is 394 g/mol. The second-order valence-electron chi connectivity index (χ2n) is 6.86. The van der Waals surface area contributed by atoms with E-state index in [0.29, 0.717) is 22.4 Å². The van der Waals surface area contributed by atoms with Crippen molar-refractivity contribution in [3.05, 3.63) is 107 Å². The largest absolute Gasteiger partial charge is 0.452 e. The zero-order valence-electron chi connectivity index (χ0n) is 16.3. The number of ether oxygens (including phenoxy) is 1. The molecular formula is C25H17NO5. The molecule has 0 atom stereocenters. The van der Waals surface area contributed by atoms with Crippen molar-refractivity contribution in [2.75, 3.05) is 11.9 Å². The van der Waals surface area contributed by atoms with Gasteiger partial charge in [-0.05, 0) is 29.8 Å². The van der Waals surface area contributed by atoms with Gasteiger partial charge in [0.25, 0.3) is 5.91 Å². The molecule has 1 amide bonds. The molecule has 3 aromatic carbocycles. The maximum atomic E-state index is 12.8. The minimum atomic E-state index is -0.651. The van der Waals surface area contributed by atoms with Crippen LogP contribution in [0, 0.1) is 0 Å². The number of nitrogens with one attached hydrogen (secondary N) is 1. The number of anilines is 1. The Balaban J connectivity index is 1.39. The number of carbonyl (C=O) groups excluding carboxylic acids is 4. The van der Waals surface area contributed by atoms with E-state index in [9.17, 15) is 19.2 Å². The van der Waals surface area contributed by atoms with E-state index >= 15 is 0 Å². The highest BCUT2D eigenvalue weighted by molar-refractivity contribution is 6.28. The Labute approximate surface area is 178 Å². The van der Waals surface area contributed by atoms with Crippen molar-refractivity contribution in [1.82, 2.24) is 0 Å². The van der Waals surface area contributed by atoms with E-state index in [-0.39, 0.29) is 17.1 Å². The van der Waals surface area contributed by atoms with Gasteiger partial charge in [0.15, 0.2) is 18.2 Å². The summed E-state index contributed by atoms with van der Waals surface area (Å²) >= 11 is 0. The molecule has 6 nitrogen and oxygen atoms in total. The monoisotopic (exact) mass is 411 g/mol. The van der Waals surface area contributed by atoms with Gasteiger partial charge in [-0.2, -0.15) is 0 Å². The SMILES string of the molecule is O=C(COC(=O)C=Cc1ccccc1)Nc1ccc2c(c1)C(=O)c1ccccc1C2=O. The van der Waals surface area contributed by atoms with Crippen molar-refractivity contribution < 1.29 is 23.9 Å². The number of carbonyl (C=O) groups is 4. The Morgan fingerprint density at radius 2 is 1.39 bits per heavy atom. The summed E-state index contributed by atoms with van der Waals surface area (Å²) in [4.78, 5) is 49.3. The molecule has 152 valence electrons. The standard InChI is InChI=1S/C25H17NO5/c27-22(15-31-23(28)13-10-16-6-2-1-3-7-16)26-17-11-12-20-21(14-17)25(30)19-9-5-4-8-18(19)24(20)29/h1-14H,15H2,(H,26,27). The normalized spacial score (nSPS) is 12.3. The Hall–Kier alpha value is -4.32. The van der Waals surface area contributed by atoms with Crippen LogP contribution in [0.3, 0.4) is 0 Å². The van der Waals surface area contributed by atoms with Crippen molar-refractivity contribution in [2.24, 2.45) is 0 Å². The van der Waals surface area contributed by atoms with Gasteiger partial charge in [0.1, 0.15) is 0 Å². The van der Waals surface area contributed by atoms with Crippen molar-refractivity contribution in [2.45, 2.75) is 0 Å². The molecule has 1 aliphatic carbocycles. The summed E-state index contributed by atoms with van der Waals surface area (Å²) in [6.45, 7) is -0.481. The molecule has 3 aromatic rings. The highest BCUT2D eigenvalue weighted by Gasteiger charge is 2.29. The molecule has 0 saturated carbocycles. The predicted octanol–water partition coefficient (Wildman–Crippen LogP) is 3.66. The molecule has 0 saturated heterocycles. The van der Waals surface area contributed by atoms with Crippen LogP contribution in [-0.4, -0.2) is 30.0 Å². The summed E-state index contributed by atoms with van der Waals surface area (Å²) in [6.07, 6.45) is 2.83. The first-order valence-electron chi connectivity index (χ1n) is 9.55. The summed E-state index contributed by atoms with van der Waals surface area (Å²) in [5.41, 5.74) is 2.39. The number of hydrogen-bond acceptors (Lipinski definition) is 5. The molecule has 0 spiro atoms. The van der Waals surface area contributed by atoms with E-state index < -0.39 is 18.5 Å². The molecule has 0 heterocycles. The van der Waals surface area contributed by atoms with Gasteiger partial charge in [0.05, 0.1) is 0 Å². The van der Waals surface area contributed by atoms with Gasteiger partial charge in [-0.15, -0.1) is 0 Å². The third-order valence-corrected chi connectivity index (χ3v) is 4.77. The molecule has 1 aliphatic rings. The van der Waals surface area contributed by atoms with Crippen LogP contribution in [0.5, 0.6) is 0 Å². The fourth-order valence-corrected chi connectivity index (χ4v) is 3.29. The third kappa shape index (κ3) is 4.33. The molecule has 0 aliphatic heterocycles. The number of fused-ring (bicyclic) bond motifs is 2. The first kappa shape index (κ1) is 20.0. The summed E-state index contributed by atoms with van der Waals surface area (Å²) in [5.74, 6) is -1.72. The van der Waals surface area contributed by atoms with Gasteiger partial charge in [-0.1, -0.05) is 54.6 Å². The molecule has 6 heteroatoms. The van der Waals surface area contributed by atoms with Crippen LogP contribution in [0.1, 0.15) is 37.4 Å². The average molecular weight is 411 g/mol. The summed E-state index contributed by atoms with van der Waals surface area (Å²) in [5, 5.41) is 2.58. The lowest BCUT2D eigenvalue weighted by atomic mass is 9.84. The van der Waals surface area contributed by atoms with E-state index in [1.165, 1.54) is 24.3 Å². The van der Waals surface area contributed by atoms with Crippen LogP contribution >= 0.6 is 0 Å². The van der Waals surface area contributed by atoms with Crippen molar-refractivity contribution >= 4 is 35.2 Å². The Bertz CT molecular complexity index is 1230. The Morgan fingerprint density at radius 1 is 0.774 bits per heavy atom. The van der Waals surface area contributed by atoms with E-state index in [1.54, 1.807) is 30.3 Å². The van der Waals surface area contributed by atoms with Gasteiger partial charge >= 0.3 is 5.97 Å². The number of ketones is 2. The maximum Gasteiger partial charge on any atom is 0.331 e. The molecule has 1 N–H and O–H groups in total. The Kier molecular flexibility index (Phi) is 5.53.